The quantitative estimate of drug-likeness (QED) is 0.455. The molecular weight excluding hydrogens is 466 g/mol. The van der Waals surface area contributed by atoms with Gasteiger partial charge in [0.15, 0.2) is 0 Å². The van der Waals surface area contributed by atoms with Crippen LogP contribution in [0.3, 0.4) is 0 Å². The Morgan fingerprint density at radius 2 is 1.67 bits per heavy atom. The Balaban J connectivity index is 1.74. The van der Waals surface area contributed by atoms with Gasteiger partial charge >= 0.3 is 18.0 Å². The van der Waals surface area contributed by atoms with E-state index in [0.717, 1.165) is 11.1 Å². The Kier molecular flexibility index (Phi) is 8.66. The second kappa shape index (κ2) is 11.9. The third-order valence-corrected chi connectivity index (χ3v) is 5.35. The molecule has 1 aliphatic heterocycles. The van der Waals surface area contributed by atoms with Crippen molar-refractivity contribution in [1.29, 1.82) is 0 Å². The van der Waals surface area contributed by atoms with E-state index in [4.69, 9.17) is 14.2 Å². The van der Waals surface area contributed by atoms with Crippen LogP contribution in [0.2, 0.25) is 0 Å². The molecule has 190 valence electrons. The maximum Gasteiger partial charge on any atom is 0.338 e. The van der Waals surface area contributed by atoms with Crippen LogP contribution < -0.4 is 20.7 Å². The minimum Gasteiger partial charge on any atom is -0.497 e. The maximum absolute atomic E-state index is 12.8. The molecule has 3 rings (SSSR count). The van der Waals surface area contributed by atoms with Gasteiger partial charge in [0.2, 0.25) is 0 Å². The van der Waals surface area contributed by atoms with Crippen LogP contribution in [0.1, 0.15) is 40.0 Å². The van der Waals surface area contributed by atoms with Crippen molar-refractivity contribution in [1.82, 2.24) is 16.0 Å². The molecule has 0 saturated carbocycles. The van der Waals surface area contributed by atoms with Crippen molar-refractivity contribution in [3.8, 4) is 5.75 Å². The second-order valence-corrected chi connectivity index (χ2v) is 8.14. The first-order valence-electron chi connectivity index (χ1n) is 11.4. The smallest absolute Gasteiger partial charge is 0.338 e. The molecule has 10 nitrogen and oxygen atoms in total. The number of ether oxygens (including phenoxy) is 3. The zero-order valence-electron chi connectivity index (χ0n) is 20.6. The number of benzene rings is 2. The van der Waals surface area contributed by atoms with Gasteiger partial charge in [-0.15, -0.1) is 0 Å². The SMILES string of the molecule is CCOC(=O)C1=C(COC(=O)CNC(=O)c2cc(C)cc(C)c2)NC(=O)NC1c1ccc(OC)cc1. The van der Waals surface area contributed by atoms with Crippen molar-refractivity contribution >= 4 is 23.9 Å². The van der Waals surface area contributed by atoms with Crippen molar-refractivity contribution in [2.24, 2.45) is 0 Å². The van der Waals surface area contributed by atoms with Gasteiger partial charge in [0, 0.05) is 5.56 Å². The van der Waals surface area contributed by atoms with Crippen molar-refractivity contribution in [3.63, 3.8) is 0 Å². The molecule has 3 N–H and O–H groups in total. The summed E-state index contributed by atoms with van der Waals surface area (Å²) in [5.41, 5.74) is 3.09. The number of carbonyl (C=O) groups is 4. The number of carbonyl (C=O) groups excluding carboxylic acids is 4. The number of amides is 3. The van der Waals surface area contributed by atoms with Crippen molar-refractivity contribution in [3.05, 3.63) is 76.0 Å². The number of esters is 2. The van der Waals surface area contributed by atoms with Gasteiger partial charge in [-0.25, -0.2) is 9.59 Å². The Morgan fingerprint density at radius 1 is 1.00 bits per heavy atom. The van der Waals surface area contributed by atoms with Crippen molar-refractivity contribution in [2.45, 2.75) is 26.8 Å². The van der Waals surface area contributed by atoms with Gasteiger partial charge in [0.1, 0.15) is 18.9 Å². The van der Waals surface area contributed by atoms with Crippen LogP contribution >= 0.6 is 0 Å². The zero-order chi connectivity index (χ0) is 26.2. The molecule has 0 radical (unpaired) electrons. The van der Waals surface area contributed by atoms with Crippen LogP contribution in [0.25, 0.3) is 0 Å². The number of urea groups is 1. The molecule has 0 saturated heterocycles. The summed E-state index contributed by atoms with van der Waals surface area (Å²) in [4.78, 5) is 49.9. The Bertz CT molecular complexity index is 1170. The molecular formula is C26H29N3O7. The average Bonchev–Trinajstić information content (AvgIpc) is 2.85. The molecule has 0 aromatic heterocycles. The van der Waals surface area contributed by atoms with E-state index in [1.807, 2.05) is 19.9 Å². The van der Waals surface area contributed by atoms with Crippen LogP contribution in [0.4, 0.5) is 4.79 Å². The molecule has 3 amide bonds. The largest absolute Gasteiger partial charge is 0.497 e. The fraction of sp³-hybridized carbons (Fsp3) is 0.308. The van der Waals surface area contributed by atoms with E-state index < -0.39 is 36.5 Å². The standard InChI is InChI=1S/C26H29N3O7/c1-5-35-25(32)22-20(28-26(33)29-23(22)17-6-8-19(34-4)9-7-17)14-36-21(30)13-27-24(31)18-11-15(2)10-16(3)12-18/h6-12,23H,5,13-14H2,1-4H3,(H,27,31)(H2,28,29,33). The summed E-state index contributed by atoms with van der Waals surface area (Å²) in [6.07, 6.45) is 0. The highest BCUT2D eigenvalue weighted by atomic mass is 16.5. The number of rotatable bonds is 9. The maximum atomic E-state index is 12.8. The fourth-order valence-electron chi connectivity index (χ4n) is 3.79. The first-order chi connectivity index (χ1) is 17.2. The molecule has 2 aromatic rings. The Labute approximate surface area is 209 Å². The lowest BCUT2D eigenvalue weighted by Crippen LogP contribution is -2.47. The van der Waals surface area contributed by atoms with Gasteiger partial charge < -0.3 is 30.2 Å². The van der Waals surface area contributed by atoms with Crippen LogP contribution in [-0.2, 0) is 19.1 Å². The van der Waals surface area contributed by atoms with E-state index in [1.165, 1.54) is 7.11 Å². The number of nitrogens with one attached hydrogen (secondary N) is 3. The number of aryl methyl sites for hydroxylation is 2. The van der Waals surface area contributed by atoms with Crippen molar-refractivity contribution in [2.75, 3.05) is 26.9 Å². The second-order valence-electron chi connectivity index (χ2n) is 8.14. The molecule has 1 atom stereocenters. The van der Waals surface area contributed by atoms with Crippen LogP contribution in [0.5, 0.6) is 5.75 Å². The molecule has 2 aromatic carbocycles. The highest BCUT2D eigenvalue weighted by Crippen LogP contribution is 2.29. The summed E-state index contributed by atoms with van der Waals surface area (Å²) in [6, 6.07) is 10.8. The molecule has 1 aliphatic rings. The van der Waals surface area contributed by atoms with Gasteiger partial charge in [-0.1, -0.05) is 29.3 Å². The molecule has 0 aliphatic carbocycles. The fourth-order valence-corrected chi connectivity index (χ4v) is 3.79. The lowest BCUT2D eigenvalue weighted by atomic mass is 9.95. The van der Waals surface area contributed by atoms with Crippen molar-refractivity contribution < 1.29 is 33.4 Å². The molecule has 36 heavy (non-hydrogen) atoms. The van der Waals surface area contributed by atoms with Gasteiger partial charge in [0.05, 0.1) is 31.0 Å². The number of methoxy groups -OCH3 is 1. The normalized spacial score (nSPS) is 14.9. The first kappa shape index (κ1) is 26.3. The number of hydrogen-bond donors (Lipinski definition) is 3. The van der Waals surface area contributed by atoms with E-state index in [9.17, 15) is 19.2 Å². The molecule has 10 heteroatoms. The van der Waals surface area contributed by atoms with Gasteiger partial charge in [-0.3, -0.25) is 9.59 Å². The van der Waals surface area contributed by atoms with E-state index in [2.05, 4.69) is 16.0 Å². The Hall–Kier alpha value is -4.34. The minimum atomic E-state index is -0.832. The molecule has 1 heterocycles. The Morgan fingerprint density at radius 3 is 2.28 bits per heavy atom. The summed E-state index contributed by atoms with van der Waals surface area (Å²) in [5.74, 6) is -1.21. The highest BCUT2D eigenvalue weighted by Gasteiger charge is 2.34. The summed E-state index contributed by atoms with van der Waals surface area (Å²) in [6.45, 7) is 4.74. The van der Waals surface area contributed by atoms with Crippen LogP contribution in [-0.4, -0.2) is 50.7 Å². The van der Waals surface area contributed by atoms with Gasteiger partial charge in [-0.05, 0) is 50.6 Å². The summed E-state index contributed by atoms with van der Waals surface area (Å²) >= 11 is 0. The zero-order valence-corrected chi connectivity index (χ0v) is 20.6. The van der Waals surface area contributed by atoms with Crippen LogP contribution in [0.15, 0.2) is 53.7 Å². The molecule has 0 fully saturated rings. The minimum absolute atomic E-state index is 0.0898. The first-order valence-corrected chi connectivity index (χ1v) is 11.4. The van der Waals surface area contributed by atoms with Gasteiger partial charge in [0.25, 0.3) is 5.91 Å². The lowest BCUT2D eigenvalue weighted by Gasteiger charge is -2.29. The summed E-state index contributed by atoms with van der Waals surface area (Å²) in [5, 5.41) is 7.74. The third-order valence-electron chi connectivity index (χ3n) is 5.35. The van der Waals surface area contributed by atoms with E-state index in [-0.39, 0.29) is 24.4 Å². The predicted octanol–water partition coefficient (Wildman–Crippen LogP) is 2.46. The van der Waals surface area contributed by atoms with E-state index in [0.29, 0.717) is 16.9 Å². The summed E-state index contributed by atoms with van der Waals surface area (Å²) in [7, 11) is 1.53. The van der Waals surface area contributed by atoms with Gasteiger partial charge in [-0.2, -0.15) is 0 Å². The monoisotopic (exact) mass is 495 g/mol. The third kappa shape index (κ3) is 6.62. The highest BCUT2D eigenvalue weighted by molar-refractivity contribution is 5.97. The molecule has 1 unspecified atom stereocenters. The van der Waals surface area contributed by atoms with Crippen LogP contribution in [0, 0.1) is 13.8 Å². The van der Waals surface area contributed by atoms with E-state index in [1.54, 1.807) is 43.3 Å². The average molecular weight is 496 g/mol. The summed E-state index contributed by atoms with van der Waals surface area (Å²) < 4.78 is 15.6. The number of hydrogen-bond acceptors (Lipinski definition) is 7. The van der Waals surface area contributed by atoms with E-state index >= 15 is 0 Å². The lowest BCUT2D eigenvalue weighted by molar-refractivity contribution is -0.142. The molecule has 0 spiro atoms. The topological polar surface area (TPSA) is 132 Å². The predicted molar refractivity (Wildman–Crippen MR) is 130 cm³/mol. The molecule has 0 bridgehead atoms.